The zero-order valence-electron chi connectivity index (χ0n) is 30.2. The van der Waals surface area contributed by atoms with E-state index >= 15 is 0 Å². The Balaban J connectivity index is 1.29. The van der Waals surface area contributed by atoms with Crippen molar-refractivity contribution in [3.8, 4) is 0 Å². The quantitative estimate of drug-likeness (QED) is 0.0702. The van der Waals surface area contributed by atoms with E-state index in [9.17, 15) is 39.4 Å². The Morgan fingerprint density at radius 3 is 2.46 bits per heavy atom. The van der Waals surface area contributed by atoms with Crippen molar-refractivity contribution in [2.75, 3.05) is 31.6 Å². The second-order valence-corrected chi connectivity index (χ2v) is 13.9. The molecule has 1 aromatic heterocycles. The van der Waals surface area contributed by atoms with Gasteiger partial charge in [-0.25, -0.2) is 19.1 Å². The minimum atomic E-state index is -0.778. The van der Waals surface area contributed by atoms with Crippen LogP contribution in [0.5, 0.6) is 0 Å². The minimum absolute atomic E-state index is 0.0364. The van der Waals surface area contributed by atoms with Crippen LogP contribution in [0, 0.1) is 20.2 Å². The standard InChI is InChI=1S/C33H49N9O10/c1-22-25(38-30(45)37-22)9-7-6-8-10-28(43)39-32(2,3)20-52-33(4,5)14-16-51-31(46)40-19-23(36-21-40)13-15-34-29(44)18-35-26-12-11-24(41(47)48)17-27(26)42(49)50/h11-12,17,19,21-22,25,35H,6-10,13-16,18,20H2,1-5H3,(H,34,44)(H,39,43)(H2,37,38,45). The van der Waals surface area contributed by atoms with Crippen LogP contribution >= 0.6 is 0 Å². The van der Waals surface area contributed by atoms with Gasteiger partial charge < -0.3 is 36.1 Å². The lowest BCUT2D eigenvalue weighted by Gasteiger charge is -2.32. The van der Waals surface area contributed by atoms with E-state index in [0.29, 0.717) is 18.5 Å². The topological polar surface area (TPSA) is 251 Å². The molecule has 19 nitrogen and oxygen atoms in total. The normalized spacial score (nSPS) is 15.7. The number of nitro benzene ring substituents is 2. The molecular formula is C33H49N9O10. The van der Waals surface area contributed by atoms with Gasteiger partial charge in [0.05, 0.1) is 58.5 Å². The zero-order chi connectivity index (χ0) is 38.5. The van der Waals surface area contributed by atoms with Crippen LogP contribution in [-0.4, -0.2) is 92.9 Å². The summed E-state index contributed by atoms with van der Waals surface area (Å²) in [4.78, 5) is 73.5. The Morgan fingerprint density at radius 2 is 1.79 bits per heavy atom. The Bertz CT molecular complexity index is 1590. The third-order valence-corrected chi connectivity index (χ3v) is 8.31. The third kappa shape index (κ3) is 13.8. The average molecular weight is 732 g/mol. The first-order valence-electron chi connectivity index (χ1n) is 17.1. The summed E-state index contributed by atoms with van der Waals surface area (Å²) in [6.07, 6.45) is 6.64. The van der Waals surface area contributed by atoms with Gasteiger partial charge in [-0.1, -0.05) is 12.8 Å². The molecule has 0 aliphatic carbocycles. The van der Waals surface area contributed by atoms with Crippen molar-refractivity contribution in [3.63, 3.8) is 0 Å². The lowest BCUT2D eigenvalue weighted by molar-refractivity contribution is -0.393. The number of nitrogens with one attached hydrogen (secondary N) is 5. The highest BCUT2D eigenvalue weighted by atomic mass is 16.6. The van der Waals surface area contributed by atoms with Gasteiger partial charge in [-0.2, -0.15) is 0 Å². The summed E-state index contributed by atoms with van der Waals surface area (Å²) in [5.41, 5.74) is -1.76. The number of nitro groups is 2. The molecular weight excluding hydrogens is 682 g/mol. The van der Waals surface area contributed by atoms with Crippen LogP contribution in [0.1, 0.15) is 78.8 Å². The third-order valence-electron chi connectivity index (χ3n) is 8.31. The van der Waals surface area contributed by atoms with Crippen molar-refractivity contribution < 1.29 is 38.5 Å². The predicted octanol–water partition coefficient (Wildman–Crippen LogP) is 3.56. The number of carbonyl (C=O) groups excluding carboxylic acids is 4. The number of benzene rings is 1. The van der Waals surface area contributed by atoms with Gasteiger partial charge in [0.15, 0.2) is 0 Å². The highest BCUT2D eigenvalue weighted by Gasteiger charge is 2.28. The molecule has 4 amide bonds. The van der Waals surface area contributed by atoms with Crippen LogP contribution in [0.3, 0.4) is 0 Å². The molecule has 0 spiro atoms. The van der Waals surface area contributed by atoms with Gasteiger partial charge in [0.1, 0.15) is 12.0 Å². The molecule has 52 heavy (non-hydrogen) atoms. The second-order valence-electron chi connectivity index (χ2n) is 13.9. The van der Waals surface area contributed by atoms with Gasteiger partial charge in [0, 0.05) is 44.1 Å². The fourth-order valence-electron chi connectivity index (χ4n) is 5.27. The van der Waals surface area contributed by atoms with E-state index in [2.05, 4.69) is 31.6 Å². The van der Waals surface area contributed by atoms with E-state index in [0.717, 1.165) is 43.9 Å². The molecule has 0 radical (unpaired) electrons. The SMILES string of the molecule is CC1NC(=O)NC1CCCCCC(=O)NC(C)(C)COC(C)(C)CCOC(=O)n1cnc(CCNC(=O)CNc2ccc([N+](=O)[O-])cc2[N+](=O)[O-])c1. The number of anilines is 1. The molecule has 1 saturated heterocycles. The number of nitrogens with zero attached hydrogens (tertiary/aromatic N) is 4. The van der Waals surface area contributed by atoms with Crippen molar-refractivity contribution in [2.45, 2.75) is 103 Å². The fraction of sp³-hybridized carbons (Fsp3) is 0.606. The van der Waals surface area contributed by atoms with Gasteiger partial charge in [-0.3, -0.25) is 29.8 Å². The van der Waals surface area contributed by atoms with Crippen molar-refractivity contribution >= 4 is 41.0 Å². The van der Waals surface area contributed by atoms with Gasteiger partial charge >= 0.3 is 12.1 Å². The Hall–Kier alpha value is -5.33. The second kappa shape index (κ2) is 18.8. The van der Waals surface area contributed by atoms with Gasteiger partial charge in [0.25, 0.3) is 11.4 Å². The molecule has 1 fully saturated rings. The summed E-state index contributed by atoms with van der Waals surface area (Å²) in [7, 11) is 0. The number of non-ortho nitro benzene ring substituents is 1. The molecule has 0 bridgehead atoms. The number of aromatic nitrogens is 2. The smallest absolute Gasteiger partial charge is 0.419 e. The van der Waals surface area contributed by atoms with E-state index in [1.54, 1.807) is 0 Å². The van der Waals surface area contributed by atoms with Gasteiger partial charge in [-0.05, 0) is 53.5 Å². The Kier molecular flexibility index (Phi) is 14.8. The summed E-state index contributed by atoms with van der Waals surface area (Å²) >= 11 is 0. The number of hydrogen-bond donors (Lipinski definition) is 5. The highest BCUT2D eigenvalue weighted by Crippen LogP contribution is 2.28. The molecule has 1 aliphatic rings. The lowest BCUT2D eigenvalue weighted by Crippen LogP contribution is -2.48. The number of ether oxygens (including phenoxy) is 2. The number of carbonyl (C=O) groups is 4. The fourth-order valence-corrected chi connectivity index (χ4v) is 5.27. The first-order chi connectivity index (χ1) is 24.4. The largest absolute Gasteiger partial charge is 0.449 e. The van der Waals surface area contributed by atoms with Crippen molar-refractivity contribution in [1.29, 1.82) is 0 Å². The molecule has 3 rings (SSSR count). The number of rotatable bonds is 21. The number of hydrogen-bond acceptors (Lipinski definition) is 12. The van der Waals surface area contributed by atoms with Crippen LogP contribution in [0.25, 0.3) is 0 Å². The number of unbranched alkanes of at least 4 members (excludes halogenated alkanes) is 2. The predicted molar refractivity (Wildman–Crippen MR) is 189 cm³/mol. The molecule has 0 saturated carbocycles. The van der Waals surface area contributed by atoms with Crippen molar-refractivity contribution in [3.05, 3.63) is 56.6 Å². The average Bonchev–Trinajstić information content (AvgIpc) is 3.67. The molecule has 5 N–H and O–H groups in total. The van der Waals surface area contributed by atoms with Crippen LogP contribution in [0.4, 0.5) is 26.7 Å². The molecule has 2 atom stereocenters. The number of urea groups is 1. The van der Waals surface area contributed by atoms with Crippen LogP contribution in [-0.2, 0) is 25.5 Å². The maximum atomic E-state index is 12.6. The van der Waals surface area contributed by atoms with E-state index in [1.807, 2.05) is 34.6 Å². The summed E-state index contributed by atoms with van der Waals surface area (Å²) in [6.45, 7) is 9.65. The van der Waals surface area contributed by atoms with E-state index in [1.165, 1.54) is 17.1 Å². The molecule has 2 unspecified atom stereocenters. The van der Waals surface area contributed by atoms with Crippen LogP contribution in [0.2, 0.25) is 0 Å². The number of amides is 4. The summed E-state index contributed by atoms with van der Waals surface area (Å²) in [5, 5.41) is 36.1. The monoisotopic (exact) mass is 731 g/mol. The Labute approximate surface area is 301 Å². The zero-order valence-corrected chi connectivity index (χ0v) is 30.2. The first kappa shape index (κ1) is 41.1. The van der Waals surface area contributed by atoms with E-state index in [4.69, 9.17) is 9.47 Å². The summed E-state index contributed by atoms with van der Waals surface area (Å²) < 4.78 is 12.7. The molecule has 286 valence electrons. The van der Waals surface area contributed by atoms with E-state index < -0.39 is 44.4 Å². The number of imidazole rings is 1. The van der Waals surface area contributed by atoms with Gasteiger partial charge in [0.2, 0.25) is 11.8 Å². The Morgan fingerprint density at radius 1 is 1.04 bits per heavy atom. The summed E-state index contributed by atoms with van der Waals surface area (Å²) in [5.74, 6) is -0.536. The maximum absolute atomic E-state index is 12.6. The lowest BCUT2D eigenvalue weighted by atomic mass is 10.0. The van der Waals surface area contributed by atoms with Gasteiger partial charge in [-0.15, -0.1) is 0 Å². The van der Waals surface area contributed by atoms with Crippen LogP contribution in [0.15, 0.2) is 30.7 Å². The maximum Gasteiger partial charge on any atom is 0.419 e. The van der Waals surface area contributed by atoms with Crippen molar-refractivity contribution in [2.24, 2.45) is 0 Å². The van der Waals surface area contributed by atoms with E-state index in [-0.39, 0.29) is 62.4 Å². The molecule has 19 heteroatoms. The summed E-state index contributed by atoms with van der Waals surface area (Å²) in [6, 6.07) is 3.17. The molecule has 2 aromatic rings. The molecule has 1 aromatic carbocycles. The van der Waals surface area contributed by atoms with Crippen LogP contribution < -0.4 is 26.6 Å². The first-order valence-corrected chi connectivity index (χ1v) is 17.1. The minimum Gasteiger partial charge on any atom is -0.449 e. The van der Waals surface area contributed by atoms with Crippen molar-refractivity contribution in [1.82, 2.24) is 30.8 Å². The highest BCUT2D eigenvalue weighted by molar-refractivity contribution is 5.82. The molecule has 1 aliphatic heterocycles. The molecule has 2 heterocycles.